The molecule has 0 aliphatic carbocycles. The monoisotopic (exact) mass is 210 g/mol. The minimum absolute atomic E-state index is 0.00282. The van der Waals surface area contributed by atoms with Gasteiger partial charge in [0.15, 0.2) is 0 Å². The van der Waals surface area contributed by atoms with Gasteiger partial charge >= 0.3 is 0 Å². The number of aromatic amines is 1. The molecule has 0 aliphatic rings. The molecule has 4 heteroatoms. The van der Waals surface area contributed by atoms with Gasteiger partial charge in [0, 0.05) is 26.0 Å². The molecule has 1 heterocycles. The lowest BCUT2D eigenvalue weighted by molar-refractivity contribution is -0.126. The van der Waals surface area contributed by atoms with E-state index in [1.807, 2.05) is 32.3 Å². The highest BCUT2D eigenvalue weighted by Crippen LogP contribution is 2.12. The van der Waals surface area contributed by atoms with Crippen LogP contribution in [0.1, 0.15) is 25.8 Å². The summed E-state index contributed by atoms with van der Waals surface area (Å²) in [5, 5.41) is 2.84. The van der Waals surface area contributed by atoms with Crippen molar-refractivity contribution in [1.29, 1.82) is 0 Å². The van der Waals surface area contributed by atoms with Crippen molar-refractivity contribution >= 4 is 5.91 Å². The van der Waals surface area contributed by atoms with Crippen molar-refractivity contribution in [3.8, 4) is 0 Å². The highest BCUT2D eigenvalue weighted by molar-refractivity contribution is 5.76. The average molecular weight is 210 g/mol. The van der Waals surface area contributed by atoms with Gasteiger partial charge in [0.05, 0.1) is 12.0 Å². The Hall–Kier alpha value is -1.29. The van der Waals surface area contributed by atoms with E-state index in [4.69, 9.17) is 4.74 Å². The van der Waals surface area contributed by atoms with Crippen LogP contribution in [-0.2, 0) is 16.1 Å². The van der Waals surface area contributed by atoms with Gasteiger partial charge in [-0.05, 0) is 25.5 Å². The molecule has 0 radical (unpaired) electrons. The number of carbonyl (C=O) groups excluding carboxylic acids is 1. The number of rotatable bonds is 5. The summed E-state index contributed by atoms with van der Waals surface area (Å²) >= 11 is 0. The Bertz CT molecular complexity index is 304. The average Bonchev–Trinajstić information content (AvgIpc) is 2.66. The van der Waals surface area contributed by atoms with Crippen LogP contribution in [0.15, 0.2) is 18.5 Å². The zero-order valence-electron chi connectivity index (χ0n) is 9.46. The molecule has 0 aliphatic heterocycles. The van der Waals surface area contributed by atoms with E-state index in [0.29, 0.717) is 13.0 Å². The van der Waals surface area contributed by atoms with Crippen molar-refractivity contribution in [2.75, 3.05) is 7.11 Å². The van der Waals surface area contributed by atoms with Crippen molar-refractivity contribution in [2.24, 2.45) is 0 Å². The quantitative estimate of drug-likeness (QED) is 0.772. The van der Waals surface area contributed by atoms with Crippen LogP contribution >= 0.6 is 0 Å². The van der Waals surface area contributed by atoms with Crippen LogP contribution < -0.4 is 5.32 Å². The lowest BCUT2D eigenvalue weighted by Crippen LogP contribution is -2.33. The van der Waals surface area contributed by atoms with Crippen molar-refractivity contribution in [3.63, 3.8) is 0 Å². The zero-order chi connectivity index (χ0) is 11.3. The Morgan fingerprint density at radius 2 is 2.33 bits per heavy atom. The molecule has 1 rings (SSSR count). The van der Waals surface area contributed by atoms with E-state index in [-0.39, 0.29) is 5.91 Å². The number of carbonyl (C=O) groups is 1. The van der Waals surface area contributed by atoms with E-state index in [2.05, 4.69) is 10.3 Å². The van der Waals surface area contributed by atoms with Gasteiger partial charge in [0.25, 0.3) is 0 Å². The first-order valence-electron chi connectivity index (χ1n) is 4.97. The lowest BCUT2D eigenvalue weighted by atomic mass is 10.1. The first-order valence-corrected chi connectivity index (χ1v) is 4.97. The molecule has 0 saturated heterocycles. The topological polar surface area (TPSA) is 54.1 Å². The maximum Gasteiger partial charge on any atom is 0.223 e. The molecule has 0 spiro atoms. The third-order valence-corrected chi connectivity index (χ3v) is 2.29. The Morgan fingerprint density at radius 3 is 2.87 bits per heavy atom. The van der Waals surface area contributed by atoms with E-state index in [9.17, 15) is 4.79 Å². The molecule has 0 fully saturated rings. The minimum Gasteiger partial charge on any atom is -0.378 e. The zero-order valence-corrected chi connectivity index (χ0v) is 9.46. The van der Waals surface area contributed by atoms with Gasteiger partial charge in [-0.3, -0.25) is 4.79 Å². The standard InChI is InChI=1S/C11H18N2O2/c1-11(2,15-3)6-10(14)13-8-9-4-5-12-7-9/h4-5,7,12H,6,8H2,1-3H3,(H,13,14). The predicted octanol–water partition coefficient (Wildman–Crippen LogP) is 1.45. The first kappa shape index (κ1) is 11.8. The minimum atomic E-state index is -0.401. The van der Waals surface area contributed by atoms with E-state index in [0.717, 1.165) is 5.56 Å². The SMILES string of the molecule is COC(C)(C)CC(=O)NCc1cc[nH]c1. The Labute approximate surface area is 90.0 Å². The van der Waals surface area contributed by atoms with Gasteiger partial charge in [-0.2, -0.15) is 0 Å². The summed E-state index contributed by atoms with van der Waals surface area (Å²) in [6.45, 7) is 4.34. The van der Waals surface area contributed by atoms with Crippen molar-refractivity contribution < 1.29 is 9.53 Å². The van der Waals surface area contributed by atoms with Crippen molar-refractivity contribution in [3.05, 3.63) is 24.0 Å². The number of methoxy groups -OCH3 is 1. The fourth-order valence-corrected chi connectivity index (χ4v) is 1.19. The van der Waals surface area contributed by atoms with E-state index < -0.39 is 5.60 Å². The number of hydrogen-bond donors (Lipinski definition) is 2. The van der Waals surface area contributed by atoms with Gasteiger partial charge < -0.3 is 15.0 Å². The molecule has 2 N–H and O–H groups in total. The smallest absolute Gasteiger partial charge is 0.223 e. The van der Waals surface area contributed by atoms with Crippen LogP contribution in [0.5, 0.6) is 0 Å². The molecule has 1 aromatic heterocycles. The van der Waals surface area contributed by atoms with Gasteiger partial charge in [-0.1, -0.05) is 0 Å². The van der Waals surface area contributed by atoms with Crippen LogP contribution in [0.4, 0.5) is 0 Å². The molecule has 0 atom stereocenters. The molecule has 0 unspecified atom stereocenters. The van der Waals surface area contributed by atoms with Crippen LogP contribution in [0.2, 0.25) is 0 Å². The summed E-state index contributed by atoms with van der Waals surface area (Å²) in [4.78, 5) is 14.4. The second-order valence-corrected chi connectivity index (χ2v) is 4.14. The van der Waals surface area contributed by atoms with E-state index in [1.165, 1.54) is 0 Å². The third kappa shape index (κ3) is 4.16. The van der Waals surface area contributed by atoms with Crippen LogP contribution in [0.3, 0.4) is 0 Å². The van der Waals surface area contributed by atoms with E-state index >= 15 is 0 Å². The number of hydrogen-bond acceptors (Lipinski definition) is 2. The number of amides is 1. The van der Waals surface area contributed by atoms with Gasteiger partial charge in [0.2, 0.25) is 5.91 Å². The molecule has 1 aromatic rings. The first-order chi connectivity index (χ1) is 7.03. The summed E-state index contributed by atoms with van der Waals surface area (Å²) in [6.07, 6.45) is 4.07. The van der Waals surface area contributed by atoms with Gasteiger partial charge in [0.1, 0.15) is 0 Å². The summed E-state index contributed by atoms with van der Waals surface area (Å²) in [5.41, 5.74) is 0.668. The molecular weight excluding hydrogens is 192 g/mol. The molecule has 4 nitrogen and oxygen atoms in total. The number of H-pyrrole nitrogens is 1. The van der Waals surface area contributed by atoms with E-state index in [1.54, 1.807) is 7.11 Å². The number of aromatic nitrogens is 1. The highest BCUT2D eigenvalue weighted by atomic mass is 16.5. The van der Waals surface area contributed by atoms with Crippen molar-refractivity contribution in [1.82, 2.24) is 10.3 Å². The fourth-order valence-electron chi connectivity index (χ4n) is 1.19. The molecular formula is C11H18N2O2. The number of ether oxygens (including phenoxy) is 1. The Balaban J connectivity index is 2.31. The third-order valence-electron chi connectivity index (χ3n) is 2.29. The molecule has 0 bridgehead atoms. The second-order valence-electron chi connectivity index (χ2n) is 4.14. The number of nitrogens with one attached hydrogen (secondary N) is 2. The molecule has 0 saturated carbocycles. The summed E-state index contributed by atoms with van der Waals surface area (Å²) in [7, 11) is 1.61. The van der Waals surface area contributed by atoms with Gasteiger partial charge in [-0.15, -0.1) is 0 Å². The van der Waals surface area contributed by atoms with Gasteiger partial charge in [-0.25, -0.2) is 0 Å². The Morgan fingerprint density at radius 1 is 1.60 bits per heavy atom. The van der Waals surface area contributed by atoms with Crippen LogP contribution in [0, 0.1) is 0 Å². The molecule has 84 valence electrons. The van der Waals surface area contributed by atoms with Crippen LogP contribution in [-0.4, -0.2) is 23.6 Å². The highest BCUT2D eigenvalue weighted by Gasteiger charge is 2.20. The summed E-state index contributed by atoms with van der Waals surface area (Å²) in [6, 6.07) is 1.93. The predicted molar refractivity (Wildman–Crippen MR) is 58.3 cm³/mol. The summed E-state index contributed by atoms with van der Waals surface area (Å²) < 4.78 is 5.18. The van der Waals surface area contributed by atoms with Crippen LogP contribution in [0.25, 0.3) is 0 Å². The Kier molecular flexibility index (Phi) is 3.91. The maximum absolute atomic E-state index is 11.5. The maximum atomic E-state index is 11.5. The summed E-state index contributed by atoms with van der Waals surface area (Å²) in [5.74, 6) is 0.00282. The van der Waals surface area contributed by atoms with Crippen molar-refractivity contribution in [2.45, 2.75) is 32.4 Å². The second kappa shape index (κ2) is 4.98. The largest absolute Gasteiger partial charge is 0.378 e. The fraction of sp³-hybridized carbons (Fsp3) is 0.545. The molecule has 15 heavy (non-hydrogen) atoms. The lowest BCUT2D eigenvalue weighted by Gasteiger charge is -2.21. The molecule has 0 aromatic carbocycles. The normalized spacial score (nSPS) is 11.4. The molecule has 1 amide bonds.